The summed E-state index contributed by atoms with van der Waals surface area (Å²) in [5, 5.41) is 0.799. The van der Waals surface area contributed by atoms with Gasteiger partial charge in [-0.15, -0.1) is 0 Å². The van der Waals surface area contributed by atoms with Gasteiger partial charge in [0, 0.05) is 63.2 Å². The van der Waals surface area contributed by atoms with Gasteiger partial charge in [-0.05, 0) is 76.0 Å². The molecule has 2 amide bonds. The van der Waals surface area contributed by atoms with Crippen molar-refractivity contribution in [2.24, 2.45) is 5.92 Å². The molecule has 1 unspecified atom stereocenters. The SMILES string of the molecule is CN1CCC(N2CCN(C(=O)C(CC(=O)N3CCC(n4c(=O)[nH]c5c6ccccc6ncc54)CC3)Cc3cc(C(F)(F)F)c(N)c(C(F)(F)F)c3)CC2)CC1. The second-order valence-electron chi connectivity index (χ2n) is 15.0. The lowest BCUT2D eigenvalue weighted by atomic mass is 9.90. The van der Waals surface area contributed by atoms with Crippen molar-refractivity contribution in [1.29, 1.82) is 0 Å². The number of nitrogens with one attached hydrogen (secondary N) is 1. The van der Waals surface area contributed by atoms with Gasteiger partial charge in [-0.2, -0.15) is 26.3 Å². The Kier molecular flexibility index (Phi) is 10.6. The first kappa shape index (κ1) is 38.6. The van der Waals surface area contributed by atoms with Crippen molar-refractivity contribution in [2.45, 2.75) is 63.0 Å². The number of para-hydroxylation sites is 1. The minimum Gasteiger partial charge on any atom is -0.398 e. The van der Waals surface area contributed by atoms with Gasteiger partial charge in [0.05, 0.1) is 45.5 Å². The van der Waals surface area contributed by atoms with Gasteiger partial charge < -0.3 is 25.4 Å². The van der Waals surface area contributed by atoms with Crippen LogP contribution < -0.4 is 11.4 Å². The molecule has 55 heavy (non-hydrogen) atoms. The number of nitrogens with two attached hydrogens (primary N) is 1. The molecule has 0 saturated carbocycles. The summed E-state index contributed by atoms with van der Waals surface area (Å²) in [5.74, 6) is -2.15. The molecular formula is C38H44F6N8O3. The first-order chi connectivity index (χ1) is 26.1. The number of hydrogen-bond acceptors (Lipinski definition) is 7. The molecular weight excluding hydrogens is 730 g/mol. The van der Waals surface area contributed by atoms with E-state index in [0.717, 1.165) is 36.8 Å². The number of benzene rings is 2. The number of carbonyl (C=O) groups is 2. The zero-order valence-corrected chi connectivity index (χ0v) is 30.4. The van der Waals surface area contributed by atoms with E-state index in [-0.39, 0.29) is 30.4 Å². The van der Waals surface area contributed by atoms with Crippen LogP contribution in [0, 0.1) is 5.92 Å². The van der Waals surface area contributed by atoms with Gasteiger partial charge in [0.2, 0.25) is 11.8 Å². The molecule has 3 aliphatic rings. The second-order valence-corrected chi connectivity index (χ2v) is 15.0. The topological polar surface area (TPSA) is 124 Å². The highest BCUT2D eigenvalue weighted by Crippen LogP contribution is 2.42. The van der Waals surface area contributed by atoms with E-state index in [1.165, 1.54) is 0 Å². The Labute approximate surface area is 313 Å². The average Bonchev–Trinajstić information content (AvgIpc) is 3.50. The minimum atomic E-state index is -5.18. The fourth-order valence-electron chi connectivity index (χ4n) is 8.55. The number of imidazole rings is 1. The summed E-state index contributed by atoms with van der Waals surface area (Å²) < 4.78 is 85.3. The Hall–Kier alpha value is -4.64. The normalized spacial score (nSPS) is 19.4. The van der Waals surface area contributed by atoms with Crippen molar-refractivity contribution in [3.8, 4) is 0 Å². The third kappa shape index (κ3) is 8.04. The van der Waals surface area contributed by atoms with E-state index in [0.29, 0.717) is 68.2 Å². The molecule has 2 aromatic heterocycles. The maximum absolute atomic E-state index is 14.2. The van der Waals surface area contributed by atoms with Crippen molar-refractivity contribution in [2.75, 3.05) is 65.1 Å². The molecule has 2 aromatic carbocycles. The number of aromatic nitrogens is 3. The molecule has 3 aliphatic heterocycles. The standard InChI is InChI=1S/C38H44F6N8O3/c1-48-10-6-25(7-11-48)49-14-16-51(17-15-49)35(54)24(18-23-19-28(37(39,40)41)33(45)29(20-23)38(42,43)44)21-32(53)50-12-8-26(9-13-50)52-31-22-46-30-5-3-2-4-27(30)34(31)47-36(52)55/h2-5,19-20,22,24-26H,6-18,21,45H2,1H3,(H,47,55). The van der Waals surface area contributed by atoms with Crippen molar-refractivity contribution >= 4 is 39.4 Å². The smallest absolute Gasteiger partial charge is 0.398 e. The van der Waals surface area contributed by atoms with Crippen LogP contribution in [0.5, 0.6) is 0 Å². The minimum absolute atomic E-state index is 0.234. The van der Waals surface area contributed by atoms with E-state index in [9.17, 15) is 40.7 Å². The molecule has 3 fully saturated rings. The first-order valence-corrected chi connectivity index (χ1v) is 18.6. The maximum Gasteiger partial charge on any atom is 0.418 e. The number of H-pyrrole nitrogens is 1. The number of piperidine rings is 2. The van der Waals surface area contributed by atoms with E-state index >= 15 is 0 Å². The zero-order valence-electron chi connectivity index (χ0n) is 30.4. The summed E-state index contributed by atoms with van der Waals surface area (Å²) in [7, 11) is 2.07. The molecule has 1 atom stereocenters. The molecule has 5 heterocycles. The Morgan fingerprint density at radius 1 is 0.855 bits per heavy atom. The molecule has 3 saturated heterocycles. The number of pyridine rings is 1. The first-order valence-electron chi connectivity index (χ1n) is 18.6. The third-order valence-corrected chi connectivity index (χ3v) is 11.6. The zero-order chi connectivity index (χ0) is 39.2. The van der Waals surface area contributed by atoms with Crippen LogP contribution in [0.3, 0.4) is 0 Å². The summed E-state index contributed by atoms with van der Waals surface area (Å²) in [6.07, 6.45) is -6.86. The second kappa shape index (κ2) is 15.1. The third-order valence-electron chi connectivity index (χ3n) is 11.6. The molecule has 4 aromatic rings. The van der Waals surface area contributed by atoms with E-state index in [4.69, 9.17) is 5.73 Å². The number of carbonyl (C=O) groups excluding carboxylic acids is 2. The number of amides is 2. The number of piperazine rings is 1. The molecule has 7 rings (SSSR count). The predicted molar refractivity (Wildman–Crippen MR) is 194 cm³/mol. The molecule has 296 valence electrons. The van der Waals surface area contributed by atoms with Crippen LogP contribution >= 0.6 is 0 Å². The number of nitrogen functional groups attached to an aromatic ring is 1. The highest BCUT2D eigenvalue weighted by molar-refractivity contribution is 6.01. The molecule has 0 aliphatic carbocycles. The van der Waals surface area contributed by atoms with Crippen LogP contribution in [0.15, 0.2) is 47.4 Å². The monoisotopic (exact) mass is 774 g/mol. The maximum atomic E-state index is 14.2. The van der Waals surface area contributed by atoms with Gasteiger partial charge in [0.1, 0.15) is 0 Å². The number of anilines is 1. The van der Waals surface area contributed by atoms with Crippen molar-refractivity contribution in [3.05, 3.63) is 69.8 Å². The molecule has 11 nitrogen and oxygen atoms in total. The Bertz CT molecular complexity index is 2070. The Morgan fingerprint density at radius 2 is 1.45 bits per heavy atom. The van der Waals surface area contributed by atoms with Crippen LogP contribution in [-0.2, 0) is 28.4 Å². The van der Waals surface area contributed by atoms with Crippen molar-refractivity contribution in [3.63, 3.8) is 0 Å². The van der Waals surface area contributed by atoms with Gasteiger partial charge in [-0.25, -0.2) is 4.79 Å². The fraction of sp³-hybridized carbons (Fsp3) is 0.526. The van der Waals surface area contributed by atoms with E-state index in [1.54, 1.807) is 20.6 Å². The summed E-state index contributed by atoms with van der Waals surface area (Å²) in [4.78, 5) is 56.3. The largest absolute Gasteiger partial charge is 0.418 e. The molecule has 3 N–H and O–H groups in total. The molecule has 17 heteroatoms. The Balaban J connectivity index is 1.09. The molecule has 0 bridgehead atoms. The lowest BCUT2D eigenvalue weighted by molar-refractivity contribution is -0.143. The lowest BCUT2D eigenvalue weighted by Crippen LogP contribution is -2.55. The van der Waals surface area contributed by atoms with Crippen molar-refractivity contribution in [1.82, 2.24) is 34.1 Å². The number of hydrogen-bond donors (Lipinski definition) is 2. The summed E-state index contributed by atoms with van der Waals surface area (Å²) in [6.45, 7) is 4.19. The Morgan fingerprint density at radius 3 is 2.07 bits per heavy atom. The van der Waals surface area contributed by atoms with Crippen LogP contribution in [0.25, 0.3) is 21.9 Å². The number of fused-ring (bicyclic) bond motifs is 3. The fourth-order valence-corrected chi connectivity index (χ4v) is 8.55. The van der Waals surface area contributed by atoms with E-state index in [1.807, 2.05) is 24.3 Å². The van der Waals surface area contributed by atoms with Gasteiger partial charge in [-0.1, -0.05) is 18.2 Å². The number of aromatic amines is 1. The number of nitrogens with zero attached hydrogens (tertiary/aromatic N) is 6. The van der Waals surface area contributed by atoms with Gasteiger partial charge in [0.15, 0.2) is 0 Å². The van der Waals surface area contributed by atoms with Gasteiger partial charge in [-0.3, -0.25) is 24.0 Å². The predicted octanol–water partition coefficient (Wildman–Crippen LogP) is 5.15. The molecule has 0 radical (unpaired) electrons. The van der Waals surface area contributed by atoms with Crippen LogP contribution in [0.2, 0.25) is 0 Å². The number of rotatable bonds is 7. The van der Waals surface area contributed by atoms with Crippen molar-refractivity contribution < 1.29 is 35.9 Å². The molecule has 0 spiro atoms. The highest BCUT2D eigenvalue weighted by atomic mass is 19.4. The highest BCUT2D eigenvalue weighted by Gasteiger charge is 2.42. The summed E-state index contributed by atoms with van der Waals surface area (Å²) in [6, 6.07) is 8.64. The van der Waals surface area contributed by atoms with Crippen LogP contribution in [0.4, 0.5) is 32.0 Å². The lowest BCUT2D eigenvalue weighted by Gasteiger charge is -2.43. The summed E-state index contributed by atoms with van der Waals surface area (Å²) in [5.41, 5.74) is 2.01. The number of halogens is 6. The number of likely N-dealkylation sites (tertiary alicyclic amines) is 2. The van der Waals surface area contributed by atoms with Gasteiger partial charge >= 0.3 is 18.0 Å². The quantitative estimate of drug-likeness (QED) is 0.197. The van der Waals surface area contributed by atoms with Crippen LogP contribution in [0.1, 0.15) is 54.8 Å². The van der Waals surface area contributed by atoms with E-state index < -0.39 is 59.7 Å². The van der Waals surface area contributed by atoms with E-state index in [2.05, 4.69) is 26.8 Å². The number of alkyl halides is 6. The van der Waals surface area contributed by atoms with Crippen LogP contribution in [-0.4, -0.2) is 111 Å². The van der Waals surface area contributed by atoms with Gasteiger partial charge in [0.25, 0.3) is 0 Å². The average molecular weight is 775 g/mol. The summed E-state index contributed by atoms with van der Waals surface area (Å²) >= 11 is 0.